The lowest BCUT2D eigenvalue weighted by Crippen LogP contribution is -2.32. The molecule has 0 N–H and O–H groups in total. The molecule has 124 valence electrons. The van der Waals surface area contributed by atoms with E-state index < -0.39 is 10.0 Å². The fraction of sp³-hybridized carbons (Fsp3) is 0.125. The molecule has 2 rings (SSSR count). The van der Waals surface area contributed by atoms with Crippen LogP contribution < -0.4 is 0 Å². The second kappa shape index (κ2) is 7.53. The number of rotatable bonds is 4. The van der Waals surface area contributed by atoms with Crippen molar-refractivity contribution in [1.29, 1.82) is 0 Å². The monoisotopic (exact) mass is 406 g/mol. The SMILES string of the molecule is CN(C)/C(=N\S(=O)(=O)c1ccc(Br)cc1)C(=[N+]=[N-])c1ccccc1. The molecular weight excluding hydrogens is 392 g/mol. The highest BCUT2D eigenvalue weighted by molar-refractivity contribution is 9.10. The molecule has 0 unspecified atom stereocenters. The van der Waals surface area contributed by atoms with Crippen LogP contribution >= 0.6 is 15.9 Å². The van der Waals surface area contributed by atoms with Crippen LogP contribution in [0.3, 0.4) is 0 Å². The molecule has 0 aliphatic carbocycles. The van der Waals surface area contributed by atoms with Gasteiger partial charge in [-0.05, 0) is 36.4 Å². The van der Waals surface area contributed by atoms with E-state index in [0.717, 1.165) is 4.47 Å². The van der Waals surface area contributed by atoms with Gasteiger partial charge in [0, 0.05) is 18.6 Å². The Kier molecular flexibility index (Phi) is 5.66. The molecular formula is C16H15BrN4O2S. The molecule has 0 saturated carbocycles. The first-order valence-corrected chi connectivity index (χ1v) is 9.14. The lowest BCUT2D eigenvalue weighted by atomic mass is 10.1. The van der Waals surface area contributed by atoms with Crippen LogP contribution in [0.4, 0.5) is 0 Å². The van der Waals surface area contributed by atoms with Crippen molar-refractivity contribution in [3.8, 4) is 0 Å². The van der Waals surface area contributed by atoms with E-state index in [1.165, 1.54) is 17.0 Å². The third-order valence-electron chi connectivity index (χ3n) is 3.10. The average Bonchev–Trinajstić information content (AvgIpc) is 2.56. The molecule has 0 aromatic heterocycles. The van der Waals surface area contributed by atoms with Crippen LogP contribution in [0.25, 0.3) is 5.53 Å². The fourth-order valence-electron chi connectivity index (χ4n) is 1.94. The van der Waals surface area contributed by atoms with E-state index in [4.69, 9.17) is 0 Å². The Hall–Kier alpha value is -2.28. The third-order valence-corrected chi connectivity index (χ3v) is 4.91. The van der Waals surface area contributed by atoms with Gasteiger partial charge in [-0.3, -0.25) is 0 Å². The van der Waals surface area contributed by atoms with Crippen molar-refractivity contribution in [1.82, 2.24) is 4.90 Å². The maximum Gasteiger partial charge on any atom is 0.365 e. The second-order valence-electron chi connectivity index (χ2n) is 5.05. The highest BCUT2D eigenvalue weighted by atomic mass is 79.9. The number of benzene rings is 2. The first-order chi connectivity index (χ1) is 11.3. The number of nitrogens with zero attached hydrogens (tertiary/aromatic N) is 4. The van der Waals surface area contributed by atoms with Gasteiger partial charge in [-0.1, -0.05) is 34.1 Å². The minimum atomic E-state index is -3.95. The molecule has 0 aliphatic rings. The molecule has 6 nitrogen and oxygen atoms in total. The molecule has 0 fully saturated rings. The third kappa shape index (κ3) is 4.17. The topological polar surface area (TPSA) is 86.1 Å². The number of sulfonamides is 1. The van der Waals surface area contributed by atoms with E-state index in [0.29, 0.717) is 5.56 Å². The second-order valence-corrected chi connectivity index (χ2v) is 7.57. The van der Waals surface area contributed by atoms with E-state index in [2.05, 4.69) is 25.1 Å². The molecule has 0 spiro atoms. The van der Waals surface area contributed by atoms with Crippen LogP contribution in [0, 0.1) is 0 Å². The van der Waals surface area contributed by atoms with Crippen molar-refractivity contribution in [2.45, 2.75) is 4.90 Å². The maximum atomic E-state index is 12.5. The van der Waals surface area contributed by atoms with Crippen molar-refractivity contribution in [3.05, 3.63) is 70.2 Å². The van der Waals surface area contributed by atoms with Gasteiger partial charge in [-0.15, -0.1) is 4.40 Å². The van der Waals surface area contributed by atoms with Crippen molar-refractivity contribution >= 4 is 37.5 Å². The minimum absolute atomic E-state index is 0.0339. The van der Waals surface area contributed by atoms with Crippen LogP contribution in [0.2, 0.25) is 0 Å². The summed E-state index contributed by atoms with van der Waals surface area (Å²) in [5.41, 5.74) is 10.0. The Morgan fingerprint density at radius 1 is 1.08 bits per heavy atom. The summed E-state index contributed by atoms with van der Waals surface area (Å²) in [5.74, 6) is 0.0339. The number of likely N-dealkylation sites (N-methyl/N-ethyl adjacent to an activating group) is 1. The zero-order valence-electron chi connectivity index (χ0n) is 13.1. The van der Waals surface area contributed by atoms with Crippen molar-refractivity contribution in [2.24, 2.45) is 4.40 Å². The molecule has 0 radical (unpaired) electrons. The van der Waals surface area contributed by atoms with E-state index in [1.807, 2.05) is 6.07 Å². The minimum Gasteiger partial charge on any atom is -0.361 e. The Labute approximate surface area is 149 Å². The average molecular weight is 407 g/mol. The standard InChI is InChI=1S/C16H15BrN4O2S/c1-21(2)16(15(19-18)12-6-4-3-5-7-12)20-24(22,23)14-10-8-13(17)9-11-14/h3-11H,1-2H3/b20-16-. The van der Waals surface area contributed by atoms with Crippen LogP contribution in [0.15, 0.2) is 68.4 Å². The maximum absolute atomic E-state index is 12.5. The highest BCUT2D eigenvalue weighted by Crippen LogP contribution is 2.17. The molecule has 0 heterocycles. The summed E-state index contributed by atoms with van der Waals surface area (Å²) < 4.78 is 29.7. The summed E-state index contributed by atoms with van der Waals surface area (Å²) in [5, 5.41) is 0. The summed E-state index contributed by atoms with van der Waals surface area (Å²) in [6.45, 7) is 0. The Morgan fingerprint density at radius 2 is 1.67 bits per heavy atom. The zero-order valence-corrected chi connectivity index (χ0v) is 15.5. The van der Waals surface area contributed by atoms with Crippen molar-refractivity contribution in [3.63, 3.8) is 0 Å². The van der Waals surface area contributed by atoms with E-state index in [-0.39, 0.29) is 16.4 Å². The Balaban J connectivity index is 2.56. The Morgan fingerprint density at radius 3 is 2.17 bits per heavy atom. The molecule has 0 saturated heterocycles. The molecule has 2 aromatic carbocycles. The summed E-state index contributed by atoms with van der Waals surface area (Å²) in [7, 11) is -0.693. The molecule has 24 heavy (non-hydrogen) atoms. The lowest BCUT2D eigenvalue weighted by molar-refractivity contribution is -0.00119. The van der Waals surface area contributed by atoms with E-state index in [1.54, 1.807) is 50.5 Å². The highest BCUT2D eigenvalue weighted by Gasteiger charge is 2.26. The molecule has 0 amide bonds. The number of hydrogen-bond donors (Lipinski definition) is 0. The largest absolute Gasteiger partial charge is 0.365 e. The predicted octanol–water partition coefficient (Wildman–Crippen LogP) is 2.82. The smallest absolute Gasteiger partial charge is 0.361 e. The van der Waals surface area contributed by atoms with Crippen molar-refractivity contribution in [2.75, 3.05) is 14.1 Å². The van der Waals surface area contributed by atoms with Gasteiger partial charge in [0.2, 0.25) is 5.84 Å². The molecule has 0 aliphatic heterocycles. The number of halogens is 1. The zero-order chi connectivity index (χ0) is 17.7. The van der Waals surface area contributed by atoms with Gasteiger partial charge in [0.05, 0.1) is 10.5 Å². The summed E-state index contributed by atoms with van der Waals surface area (Å²) >= 11 is 3.26. The lowest BCUT2D eigenvalue weighted by Gasteiger charge is -2.12. The number of amidine groups is 1. The molecule has 8 heteroatoms. The molecule has 0 atom stereocenters. The molecule has 2 aromatic rings. The normalized spacial score (nSPS) is 11.7. The first-order valence-electron chi connectivity index (χ1n) is 6.91. The first kappa shape index (κ1) is 18.1. The van der Waals surface area contributed by atoms with Gasteiger partial charge < -0.3 is 10.4 Å². The van der Waals surface area contributed by atoms with Gasteiger partial charge in [0.1, 0.15) is 0 Å². The van der Waals surface area contributed by atoms with Crippen LogP contribution in [0.5, 0.6) is 0 Å². The van der Waals surface area contributed by atoms with Crippen LogP contribution in [-0.4, -0.2) is 43.8 Å². The van der Waals surface area contributed by atoms with Crippen molar-refractivity contribution < 1.29 is 13.2 Å². The summed E-state index contributed by atoms with van der Waals surface area (Å²) in [4.78, 5) is 4.78. The quantitative estimate of drug-likeness (QED) is 0.338. The van der Waals surface area contributed by atoms with Gasteiger partial charge in [0.15, 0.2) is 0 Å². The van der Waals surface area contributed by atoms with Gasteiger partial charge >= 0.3 is 5.71 Å². The summed E-state index contributed by atoms with van der Waals surface area (Å²) in [6, 6.07) is 14.9. The van der Waals surface area contributed by atoms with Gasteiger partial charge in [-0.25, -0.2) is 0 Å². The fourth-order valence-corrected chi connectivity index (χ4v) is 3.26. The van der Waals surface area contributed by atoms with Gasteiger partial charge in [0.25, 0.3) is 10.0 Å². The van der Waals surface area contributed by atoms with Crippen LogP contribution in [-0.2, 0) is 10.0 Å². The van der Waals surface area contributed by atoms with E-state index >= 15 is 0 Å². The summed E-state index contributed by atoms with van der Waals surface area (Å²) in [6.07, 6.45) is 0. The predicted molar refractivity (Wildman–Crippen MR) is 96.6 cm³/mol. The number of hydrogen-bond acceptors (Lipinski definition) is 2. The van der Waals surface area contributed by atoms with Crippen LogP contribution in [0.1, 0.15) is 5.56 Å². The molecule has 0 bridgehead atoms. The Bertz CT molecular complexity index is 901. The van der Waals surface area contributed by atoms with Gasteiger partial charge in [-0.2, -0.15) is 13.2 Å². The van der Waals surface area contributed by atoms with E-state index in [9.17, 15) is 13.9 Å².